The van der Waals surface area contributed by atoms with Gasteiger partial charge >= 0.3 is 0 Å². The third kappa shape index (κ3) is 3.75. The number of hydrogen-bond donors (Lipinski definition) is 3. The van der Waals surface area contributed by atoms with E-state index in [1.807, 2.05) is 25.1 Å². The minimum Gasteiger partial charge on any atom is -0.508 e. The first-order valence-corrected chi connectivity index (χ1v) is 8.44. The summed E-state index contributed by atoms with van der Waals surface area (Å²) in [6, 6.07) is 11.9. The van der Waals surface area contributed by atoms with Gasteiger partial charge in [0.2, 0.25) is 11.8 Å². The summed E-state index contributed by atoms with van der Waals surface area (Å²) in [5.41, 5.74) is 3.08. The minimum atomic E-state index is -0.607. The van der Waals surface area contributed by atoms with Crippen molar-refractivity contribution in [3.63, 3.8) is 0 Å². The fourth-order valence-electron chi connectivity index (χ4n) is 2.70. The number of halogens is 1. The van der Waals surface area contributed by atoms with Gasteiger partial charge in [-0.05, 0) is 42.8 Å². The molecular formula is C20H16FN5O2. The van der Waals surface area contributed by atoms with Crippen LogP contribution in [0, 0.1) is 12.7 Å². The molecule has 4 rings (SSSR count). The lowest BCUT2D eigenvalue weighted by Crippen LogP contribution is -2.03. The second-order valence-electron chi connectivity index (χ2n) is 6.06. The molecule has 4 aromatic rings. The summed E-state index contributed by atoms with van der Waals surface area (Å²) >= 11 is 0. The Morgan fingerprint density at radius 3 is 2.64 bits per heavy atom. The Hall–Kier alpha value is -3.94. The van der Waals surface area contributed by atoms with Crippen LogP contribution in [0.5, 0.6) is 5.75 Å². The standard InChI is InChI=1S/C20H16FN5O2/c1-12-9-14(5-6-16(12)19-22-7-8-28-19)25-20-23-11-17(21)18(26-20)24-13-3-2-4-15(27)10-13/h2-11,27H,1H3,(H2,23,24,25,26). The maximum absolute atomic E-state index is 14.1. The molecule has 0 amide bonds. The molecule has 0 fully saturated rings. The van der Waals surface area contributed by atoms with Crippen LogP contribution in [0.25, 0.3) is 11.5 Å². The van der Waals surface area contributed by atoms with E-state index >= 15 is 0 Å². The number of aryl methyl sites for hydroxylation is 1. The Labute approximate surface area is 159 Å². The average Bonchev–Trinajstić information content (AvgIpc) is 3.19. The van der Waals surface area contributed by atoms with Gasteiger partial charge in [-0.25, -0.2) is 14.4 Å². The zero-order valence-electron chi connectivity index (χ0n) is 14.8. The summed E-state index contributed by atoms with van der Waals surface area (Å²) in [5, 5.41) is 15.4. The molecule has 3 N–H and O–H groups in total. The third-order valence-electron chi connectivity index (χ3n) is 4.00. The number of phenols is 1. The van der Waals surface area contributed by atoms with Gasteiger partial charge in [-0.1, -0.05) is 6.07 Å². The van der Waals surface area contributed by atoms with Gasteiger partial charge in [-0.2, -0.15) is 4.98 Å². The van der Waals surface area contributed by atoms with Crippen LogP contribution >= 0.6 is 0 Å². The van der Waals surface area contributed by atoms with Gasteiger partial charge in [0.25, 0.3) is 0 Å². The van der Waals surface area contributed by atoms with E-state index < -0.39 is 5.82 Å². The fourth-order valence-corrected chi connectivity index (χ4v) is 2.70. The highest BCUT2D eigenvalue weighted by atomic mass is 19.1. The Morgan fingerprint density at radius 2 is 1.89 bits per heavy atom. The van der Waals surface area contributed by atoms with Crippen molar-refractivity contribution < 1.29 is 13.9 Å². The number of phenolic OH excluding ortho intramolecular Hbond substituents is 1. The van der Waals surface area contributed by atoms with Crippen LogP contribution in [-0.4, -0.2) is 20.1 Å². The van der Waals surface area contributed by atoms with Crippen molar-refractivity contribution in [2.45, 2.75) is 6.92 Å². The van der Waals surface area contributed by atoms with Crippen molar-refractivity contribution in [2.75, 3.05) is 10.6 Å². The van der Waals surface area contributed by atoms with Gasteiger partial charge in [-0.3, -0.25) is 0 Å². The predicted octanol–water partition coefficient (Wildman–Crippen LogP) is 4.77. The molecule has 2 aromatic carbocycles. The molecular weight excluding hydrogens is 361 g/mol. The van der Waals surface area contributed by atoms with Crippen LogP contribution in [0.4, 0.5) is 27.5 Å². The number of aromatic nitrogens is 3. The first-order chi connectivity index (χ1) is 13.6. The van der Waals surface area contributed by atoms with Crippen LogP contribution in [0.3, 0.4) is 0 Å². The number of oxazole rings is 1. The largest absolute Gasteiger partial charge is 0.508 e. The van der Waals surface area contributed by atoms with Gasteiger partial charge < -0.3 is 20.2 Å². The molecule has 0 bridgehead atoms. The molecule has 8 heteroatoms. The highest BCUT2D eigenvalue weighted by molar-refractivity contribution is 5.66. The minimum absolute atomic E-state index is 0.00349. The van der Waals surface area contributed by atoms with E-state index in [4.69, 9.17) is 4.42 Å². The molecule has 0 unspecified atom stereocenters. The number of anilines is 4. The van der Waals surface area contributed by atoms with Crippen molar-refractivity contribution >= 4 is 23.1 Å². The summed E-state index contributed by atoms with van der Waals surface area (Å²) < 4.78 is 19.4. The van der Waals surface area contributed by atoms with Crippen LogP contribution in [0.1, 0.15) is 5.56 Å². The number of benzene rings is 2. The van der Waals surface area contributed by atoms with Crippen LogP contribution in [-0.2, 0) is 0 Å². The number of aromatic hydroxyl groups is 1. The Morgan fingerprint density at radius 1 is 1.04 bits per heavy atom. The average molecular weight is 377 g/mol. The second kappa shape index (κ2) is 7.36. The van der Waals surface area contributed by atoms with Gasteiger partial charge in [-0.15, -0.1) is 0 Å². The van der Waals surface area contributed by atoms with E-state index in [2.05, 4.69) is 25.6 Å². The topological polar surface area (TPSA) is 96.1 Å². The lowest BCUT2D eigenvalue weighted by atomic mass is 10.1. The Bertz CT molecular complexity index is 1120. The number of rotatable bonds is 5. The highest BCUT2D eigenvalue weighted by Crippen LogP contribution is 2.26. The SMILES string of the molecule is Cc1cc(Nc2ncc(F)c(Nc3cccc(O)c3)n2)ccc1-c1ncco1. The van der Waals surface area contributed by atoms with E-state index in [1.165, 1.54) is 18.4 Å². The fraction of sp³-hybridized carbons (Fsp3) is 0.0500. The maximum Gasteiger partial charge on any atom is 0.229 e. The van der Waals surface area contributed by atoms with E-state index in [9.17, 15) is 9.50 Å². The number of nitrogens with one attached hydrogen (secondary N) is 2. The summed E-state index contributed by atoms with van der Waals surface area (Å²) in [6.45, 7) is 1.94. The maximum atomic E-state index is 14.1. The molecule has 0 spiro atoms. The zero-order valence-corrected chi connectivity index (χ0v) is 14.8. The molecule has 0 saturated heterocycles. The van der Waals surface area contributed by atoms with Crippen LogP contribution in [0.2, 0.25) is 0 Å². The van der Waals surface area contributed by atoms with E-state index in [1.54, 1.807) is 18.3 Å². The summed E-state index contributed by atoms with van der Waals surface area (Å²) in [4.78, 5) is 12.3. The summed E-state index contributed by atoms with van der Waals surface area (Å²) in [7, 11) is 0. The smallest absolute Gasteiger partial charge is 0.229 e. The number of hydrogen-bond acceptors (Lipinski definition) is 7. The van der Waals surface area contributed by atoms with Gasteiger partial charge in [0, 0.05) is 23.0 Å². The highest BCUT2D eigenvalue weighted by Gasteiger charge is 2.10. The van der Waals surface area contributed by atoms with Crippen molar-refractivity contribution in [1.82, 2.24) is 15.0 Å². The first-order valence-electron chi connectivity index (χ1n) is 8.44. The summed E-state index contributed by atoms with van der Waals surface area (Å²) in [5.74, 6) is 0.229. The molecule has 2 aromatic heterocycles. The molecule has 0 aliphatic heterocycles. The molecule has 0 radical (unpaired) electrons. The number of nitrogens with zero attached hydrogens (tertiary/aromatic N) is 3. The third-order valence-corrected chi connectivity index (χ3v) is 4.00. The van der Waals surface area contributed by atoms with Crippen LogP contribution in [0.15, 0.2) is 65.5 Å². The van der Waals surface area contributed by atoms with E-state index in [-0.39, 0.29) is 17.5 Å². The van der Waals surface area contributed by atoms with Crippen molar-refractivity contribution in [3.05, 3.63) is 72.5 Å². The Balaban J connectivity index is 1.56. The molecule has 0 aliphatic rings. The lowest BCUT2D eigenvalue weighted by molar-refractivity contribution is 0.475. The molecule has 2 heterocycles. The Kier molecular flexibility index (Phi) is 4.59. The van der Waals surface area contributed by atoms with Crippen molar-refractivity contribution in [2.24, 2.45) is 0 Å². The van der Waals surface area contributed by atoms with Gasteiger partial charge in [0.15, 0.2) is 11.6 Å². The zero-order chi connectivity index (χ0) is 19.5. The second-order valence-corrected chi connectivity index (χ2v) is 6.06. The molecule has 7 nitrogen and oxygen atoms in total. The van der Waals surface area contributed by atoms with Crippen molar-refractivity contribution in [3.8, 4) is 17.2 Å². The van der Waals surface area contributed by atoms with Crippen molar-refractivity contribution in [1.29, 1.82) is 0 Å². The van der Waals surface area contributed by atoms with Gasteiger partial charge in [0.1, 0.15) is 12.0 Å². The predicted molar refractivity (Wildman–Crippen MR) is 103 cm³/mol. The first kappa shape index (κ1) is 17.5. The molecule has 28 heavy (non-hydrogen) atoms. The quantitative estimate of drug-likeness (QED) is 0.461. The molecule has 0 aliphatic carbocycles. The molecule has 0 atom stereocenters. The van der Waals surface area contributed by atoms with Gasteiger partial charge in [0.05, 0.1) is 12.4 Å². The van der Waals surface area contributed by atoms with Crippen LogP contribution < -0.4 is 10.6 Å². The van der Waals surface area contributed by atoms with E-state index in [0.29, 0.717) is 11.6 Å². The summed E-state index contributed by atoms with van der Waals surface area (Å²) in [6.07, 6.45) is 4.19. The lowest BCUT2D eigenvalue weighted by Gasteiger charge is -2.11. The van der Waals surface area contributed by atoms with E-state index in [0.717, 1.165) is 23.0 Å². The normalized spacial score (nSPS) is 10.6. The molecule has 140 valence electrons. The monoisotopic (exact) mass is 377 g/mol. The molecule has 0 saturated carbocycles.